The summed E-state index contributed by atoms with van der Waals surface area (Å²) in [5, 5.41) is 4.97. The summed E-state index contributed by atoms with van der Waals surface area (Å²) in [7, 11) is 0. The average Bonchev–Trinajstić information content (AvgIpc) is 2.61. The van der Waals surface area contributed by atoms with E-state index in [0.29, 0.717) is 5.69 Å². The molecule has 1 aromatic heterocycles. The first-order chi connectivity index (χ1) is 7.20. The Morgan fingerprint density at radius 1 is 1.13 bits per heavy atom. The third kappa shape index (κ3) is 1.54. The number of aromatic amines is 2. The van der Waals surface area contributed by atoms with Crippen molar-refractivity contribution >= 4 is 5.91 Å². The molecule has 4 N–H and O–H groups in total. The van der Waals surface area contributed by atoms with Crippen LogP contribution in [0.1, 0.15) is 10.4 Å². The first-order valence-corrected chi connectivity index (χ1v) is 4.36. The van der Waals surface area contributed by atoms with Crippen molar-refractivity contribution in [3.63, 3.8) is 0 Å². The number of carbonyl (C=O) groups excluding carboxylic acids is 1. The topological polar surface area (TPSA) is 91.7 Å². The van der Waals surface area contributed by atoms with Crippen molar-refractivity contribution in [1.29, 1.82) is 0 Å². The standard InChI is InChI=1S/C10H9N3O2/c11-9(14)7-8(12-13-10(7)15)6-4-2-1-3-5-6/h1-5H,(H2,11,14)(H2,12,13,15). The number of nitrogens with two attached hydrogens (primary N) is 1. The van der Waals surface area contributed by atoms with Crippen LogP contribution in [-0.4, -0.2) is 16.1 Å². The third-order valence-electron chi connectivity index (χ3n) is 2.09. The summed E-state index contributed by atoms with van der Waals surface area (Å²) in [6, 6.07) is 9.03. The van der Waals surface area contributed by atoms with Crippen molar-refractivity contribution in [3.05, 3.63) is 46.2 Å². The van der Waals surface area contributed by atoms with E-state index in [9.17, 15) is 9.59 Å². The van der Waals surface area contributed by atoms with Gasteiger partial charge in [0.25, 0.3) is 11.5 Å². The lowest BCUT2D eigenvalue weighted by Gasteiger charge is -1.98. The first-order valence-electron chi connectivity index (χ1n) is 4.36. The van der Waals surface area contributed by atoms with Crippen molar-refractivity contribution in [2.24, 2.45) is 5.73 Å². The molecular formula is C10H9N3O2. The van der Waals surface area contributed by atoms with E-state index >= 15 is 0 Å². The minimum atomic E-state index is -0.739. The maximum atomic E-state index is 11.3. The Bertz CT molecular complexity index is 539. The smallest absolute Gasteiger partial charge is 0.277 e. The summed E-state index contributed by atoms with van der Waals surface area (Å²) in [4.78, 5) is 22.3. The van der Waals surface area contributed by atoms with E-state index in [1.807, 2.05) is 18.2 Å². The predicted molar refractivity (Wildman–Crippen MR) is 55.4 cm³/mol. The van der Waals surface area contributed by atoms with Gasteiger partial charge in [-0.25, -0.2) is 0 Å². The van der Waals surface area contributed by atoms with E-state index in [1.54, 1.807) is 12.1 Å². The second-order valence-electron chi connectivity index (χ2n) is 3.06. The van der Waals surface area contributed by atoms with Crippen LogP contribution in [0.5, 0.6) is 0 Å². The van der Waals surface area contributed by atoms with E-state index in [4.69, 9.17) is 5.73 Å². The molecule has 0 unspecified atom stereocenters. The van der Waals surface area contributed by atoms with Crippen molar-refractivity contribution in [3.8, 4) is 11.3 Å². The summed E-state index contributed by atoms with van der Waals surface area (Å²) in [5.74, 6) is -0.739. The number of hydrogen-bond donors (Lipinski definition) is 3. The predicted octanol–water partition coefficient (Wildman–Crippen LogP) is 0.469. The fraction of sp³-hybridized carbons (Fsp3) is 0. The van der Waals surface area contributed by atoms with E-state index in [-0.39, 0.29) is 5.56 Å². The fourth-order valence-corrected chi connectivity index (χ4v) is 1.41. The number of H-pyrrole nitrogens is 2. The molecule has 0 spiro atoms. The Morgan fingerprint density at radius 3 is 2.40 bits per heavy atom. The SMILES string of the molecule is NC(=O)c1c(-c2ccccc2)[nH][nH]c1=O. The Morgan fingerprint density at radius 2 is 1.80 bits per heavy atom. The summed E-state index contributed by atoms with van der Waals surface area (Å²) >= 11 is 0. The molecular weight excluding hydrogens is 194 g/mol. The van der Waals surface area contributed by atoms with Gasteiger partial charge in [0.2, 0.25) is 0 Å². The summed E-state index contributed by atoms with van der Waals surface area (Å²) < 4.78 is 0. The Hall–Kier alpha value is -2.30. The van der Waals surface area contributed by atoms with Gasteiger partial charge in [0, 0.05) is 5.56 Å². The maximum absolute atomic E-state index is 11.3. The highest BCUT2D eigenvalue weighted by Gasteiger charge is 2.15. The molecule has 0 saturated carbocycles. The molecule has 2 rings (SSSR count). The lowest BCUT2D eigenvalue weighted by molar-refractivity contribution is 0.1000. The van der Waals surface area contributed by atoms with Gasteiger partial charge >= 0.3 is 0 Å². The molecule has 0 aliphatic rings. The van der Waals surface area contributed by atoms with Gasteiger partial charge in [-0.3, -0.25) is 19.8 Å². The maximum Gasteiger partial charge on any atom is 0.277 e. The number of hydrogen-bond acceptors (Lipinski definition) is 2. The number of aromatic nitrogens is 2. The molecule has 1 amide bonds. The van der Waals surface area contributed by atoms with Gasteiger partial charge in [0.05, 0.1) is 5.69 Å². The second kappa shape index (κ2) is 3.45. The molecule has 5 nitrogen and oxygen atoms in total. The number of carbonyl (C=O) groups is 1. The molecule has 2 aromatic rings. The quantitative estimate of drug-likeness (QED) is 0.662. The van der Waals surface area contributed by atoms with Crippen LogP contribution in [0, 0.1) is 0 Å². The first kappa shape index (κ1) is 9.26. The fourth-order valence-electron chi connectivity index (χ4n) is 1.41. The molecule has 0 fully saturated rings. The van der Waals surface area contributed by atoms with Crippen LogP contribution < -0.4 is 11.3 Å². The van der Waals surface area contributed by atoms with Crippen LogP contribution in [0.3, 0.4) is 0 Å². The minimum absolute atomic E-state index is 0.0406. The average molecular weight is 203 g/mol. The molecule has 1 aromatic carbocycles. The molecule has 0 bridgehead atoms. The van der Waals surface area contributed by atoms with Crippen molar-refractivity contribution < 1.29 is 4.79 Å². The van der Waals surface area contributed by atoms with Gasteiger partial charge in [-0.1, -0.05) is 30.3 Å². The van der Waals surface area contributed by atoms with E-state index in [2.05, 4.69) is 10.2 Å². The number of amides is 1. The largest absolute Gasteiger partial charge is 0.365 e. The van der Waals surface area contributed by atoms with Crippen molar-refractivity contribution in [2.45, 2.75) is 0 Å². The normalized spacial score (nSPS) is 10.1. The summed E-state index contributed by atoms with van der Waals surface area (Å²) in [6.07, 6.45) is 0. The number of rotatable bonds is 2. The molecule has 0 radical (unpaired) electrons. The zero-order valence-corrected chi connectivity index (χ0v) is 7.78. The highest BCUT2D eigenvalue weighted by molar-refractivity contribution is 5.98. The second-order valence-corrected chi connectivity index (χ2v) is 3.06. The zero-order valence-electron chi connectivity index (χ0n) is 7.78. The van der Waals surface area contributed by atoms with Gasteiger partial charge in [0.15, 0.2) is 0 Å². The van der Waals surface area contributed by atoms with Gasteiger partial charge in [-0.2, -0.15) is 0 Å². The molecule has 0 atom stereocenters. The van der Waals surface area contributed by atoms with Crippen molar-refractivity contribution in [2.75, 3.05) is 0 Å². The lowest BCUT2D eigenvalue weighted by Crippen LogP contribution is -2.20. The molecule has 76 valence electrons. The van der Waals surface area contributed by atoms with Crippen LogP contribution in [0.15, 0.2) is 35.1 Å². The molecule has 1 heterocycles. The van der Waals surface area contributed by atoms with Crippen LogP contribution in [0.2, 0.25) is 0 Å². The molecule has 5 heteroatoms. The lowest BCUT2D eigenvalue weighted by atomic mass is 10.1. The molecule has 0 aliphatic heterocycles. The van der Waals surface area contributed by atoms with E-state index in [0.717, 1.165) is 5.56 Å². The Labute approximate surface area is 84.9 Å². The van der Waals surface area contributed by atoms with Crippen LogP contribution >= 0.6 is 0 Å². The van der Waals surface area contributed by atoms with Gasteiger partial charge in [-0.05, 0) is 0 Å². The van der Waals surface area contributed by atoms with Gasteiger partial charge < -0.3 is 5.73 Å². The number of benzene rings is 1. The monoisotopic (exact) mass is 203 g/mol. The minimum Gasteiger partial charge on any atom is -0.365 e. The van der Waals surface area contributed by atoms with Crippen LogP contribution in [-0.2, 0) is 0 Å². The highest BCUT2D eigenvalue weighted by Crippen LogP contribution is 2.17. The molecule has 15 heavy (non-hydrogen) atoms. The number of primary amides is 1. The van der Waals surface area contributed by atoms with Gasteiger partial charge in [0.1, 0.15) is 5.56 Å². The number of nitrogens with one attached hydrogen (secondary N) is 2. The van der Waals surface area contributed by atoms with Crippen LogP contribution in [0.4, 0.5) is 0 Å². The highest BCUT2D eigenvalue weighted by atomic mass is 16.2. The molecule has 0 saturated heterocycles. The van der Waals surface area contributed by atoms with Crippen molar-refractivity contribution in [1.82, 2.24) is 10.2 Å². The summed E-state index contributed by atoms with van der Waals surface area (Å²) in [5.41, 5.74) is 5.74. The van der Waals surface area contributed by atoms with E-state index in [1.165, 1.54) is 0 Å². The molecule has 0 aliphatic carbocycles. The third-order valence-corrected chi connectivity index (χ3v) is 2.09. The van der Waals surface area contributed by atoms with Gasteiger partial charge in [-0.15, -0.1) is 0 Å². The Kier molecular flexibility index (Phi) is 2.13. The summed E-state index contributed by atoms with van der Waals surface area (Å²) in [6.45, 7) is 0. The van der Waals surface area contributed by atoms with E-state index < -0.39 is 11.5 Å². The zero-order chi connectivity index (χ0) is 10.8. The van der Waals surface area contributed by atoms with Crippen LogP contribution in [0.25, 0.3) is 11.3 Å². The Balaban J connectivity index is 2.65.